The second kappa shape index (κ2) is 9.04. The van der Waals surface area contributed by atoms with Gasteiger partial charge in [-0.05, 0) is 48.6 Å². The summed E-state index contributed by atoms with van der Waals surface area (Å²) in [6.45, 7) is 7.87. The number of anilines is 1. The Hall–Kier alpha value is -2.82. The second-order valence-corrected chi connectivity index (χ2v) is 6.79. The molecule has 5 nitrogen and oxygen atoms in total. The Kier molecular flexibility index (Phi) is 6.78. The molecule has 2 aromatic rings. The fourth-order valence-corrected chi connectivity index (χ4v) is 2.69. The molecule has 1 unspecified atom stereocenters. The number of alkyl carbamates (subject to hydrolysis) is 1. The number of nitrogens with one attached hydrogen (secondary N) is 2. The van der Waals surface area contributed by atoms with Crippen LogP contribution in [0.4, 0.5) is 10.5 Å². The quantitative estimate of drug-likeness (QED) is 0.817. The molecule has 138 valence electrons. The zero-order valence-corrected chi connectivity index (χ0v) is 15.7. The van der Waals surface area contributed by atoms with Gasteiger partial charge < -0.3 is 15.4 Å². The van der Waals surface area contributed by atoms with Crippen molar-refractivity contribution in [2.24, 2.45) is 5.92 Å². The molecule has 0 aromatic heterocycles. The highest BCUT2D eigenvalue weighted by molar-refractivity contribution is 5.96. The molecule has 0 spiro atoms. The van der Waals surface area contributed by atoms with E-state index >= 15 is 0 Å². The van der Waals surface area contributed by atoms with E-state index in [1.54, 1.807) is 0 Å². The van der Waals surface area contributed by atoms with E-state index in [-0.39, 0.29) is 18.4 Å². The summed E-state index contributed by atoms with van der Waals surface area (Å²) in [6, 6.07) is 14.6. The summed E-state index contributed by atoms with van der Waals surface area (Å²) in [6.07, 6.45) is -0.608. The molecule has 0 aliphatic carbocycles. The number of carbonyl (C=O) groups is 2. The smallest absolute Gasteiger partial charge is 0.408 e. The molecule has 2 rings (SSSR count). The average Bonchev–Trinajstić information content (AvgIpc) is 2.57. The van der Waals surface area contributed by atoms with Gasteiger partial charge in [-0.15, -0.1) is 0 Å². The molecule has 2 aromatic carbocycles. The van der Waals surface area contributed by atoms with Crippen molar-refractivity contribution in [3.8, 4) is 0 Å². The molecule has 0 fully saturated rings. The summed E-state index contributed by atoms with van der Waals surface area (Å²) in [7, 11) is 0. The number of hydrogen-bond donors (Lipinski definition) is 2. The van der Waals surface area contributed by atoms with Gasteiger partial charge in [0.15, 0.2) is 0 Å². The monoisotopic (exact) mass is 354 g/mol. The molecule has 0 aliphatic heterocycles. The molecule has 0 heterocycles. The molecule has 0 bridgehead atoms. The topological polar surface area (TPSA) is 67.4 Å². The van der Waals surface area contributed by atoms with Crippen LogP contribution in [-0.2, 0) is 16.1 Å². The largest absolute Gasteiger partial charge is 0.445 e. The molecule has 26 heavy (non-hydrogen) atoms. The Bertz CT molecular complexity index is 737. The fourth-order valence-electron chi connectivity index (χ4n) is 2.69. The van der Waals surface area contributed by atoms with E-state index in [2.05, 4.69) is 10.6 Å². The van der Waals surface area contributed by atoms with Crippen LogP contribution < -0.4 is 10.6 Å². The second-order valence-electron chi connectivity index (χ2n) is 6.79. The lowest BCUT2D eigenvalue weighted by Crippen LogP contribution is -2.47. The van der Waals surface area contributed by atoms with Crippen molar-refractivity contribution in [3.63, 3.8) is 0 Å². The lowest BCUT2D eigenvalue weighted by molar-refractivity contribution is -0.119. The van der Waals surface area contributed by atoms with Crippen LogP contribution in [0, 0.1) is 19.8 Å². The number of carbonyl (C=O) groups excluding carboxylic acids is 2. The van der Waals surface area contributed by atoms with Crippen LogP contribution in [0.15, 0.2) is 48.5 Å². The van der Waals surface area contributed by atoms with E-state index in [1.165, 1.54) is 0 Å². The fraction of sp³-hybridized carbons (Fsp3) is 0.333. The van der Waals surface area contributed by atoms with Crippen LogP contribution in [0.1, 0.15) is 30.5 Å². The Morgan fingerprint density at radius 2 is 1.62 bits per heavy atom. The average molecular weight is 354 g/mol. The van der Waals surface area contributed by atoms with Crippen molar-refractivity contribution in [2.75, 3.05) is 5.32 Å². The minimum Gasteiger partial charge on any atom is -0.445 e. The van der Waals surface area contributed by atoms with Gasteiger partial charge in [0, 0.05) is 5.69 Å². The van der Waals surface area contributed by atoms with Crippen molar-refractivity contribution in [1.82, 2.24) is 5.32 Å². The van der Waals surface area contributed by atoms with Crippen LogP contribution in [-0.4, -0.2) is 18.0 Å². The van der Waals surface area contributed by atoms with E-state index in [0.29, 0.717) is 0 Å². The van der Waals surface area contributed by atoms with Crippen molar-refractivity contribution in [2.45, 2.75) is 40.3 Å². The van der Waals surface area contributed by atoms with Gasteiger partial charge in [-0.3, -0.25) is 4.79 Å². The summed E-state index contributed by atoms with van der Waals surface area (Å²) in [5.41, 5.74) is 3.74. The van der Waals surface area contributed by atoms with Gasteiger partial charge in [0.1, 0.15) is 12.6 Å². The van der Waals surface area contributed by atoms with Gasteiger partial charge in [0.2, 0.25) is 5.91 Å². The van der Waals surface area contributed by atoms with Gasteiger partial charge in [0.25, 0.3) is 0 Å². The molecule has 0 aliphatic rings. The lowest BCUT2D eigenvalue weighted by atomic mass is 10.0. The summed E-state index contributed by atoms with van der Waals surface area (Å²) < 4.78 is 5.22. The Labute approximate surface area is 154 Å². The summed E-state index contributed by atoms with van der Waals surface area (Å²) >= 11 is 0. The number of rotatable bonds is 6. The van der Waals surface area contributed by atoms with Crippen LogP contribution in [0.2, 0.25) is 0 Å². The normalized spacial score (nSPS) is 11.7. The van der Waals surface area contributed by atoms with Gasteiger partial charge in [-0.2, -0.15) is 0 Å². The van der Waals surface area contributed by atoms with E-state index in [4.69, 9.17) is 4.74 Å². The molecular weight excluding hydrogens is 328 g/mol. The zero-order chi connectivity index (χ0) is 19.1. The molecule has 0 saturated carbocycles. The maximum Gasteiger partial charge on any atom is 0.408 e. The van der Waals surface area contributed by atoms with Crippen LogP contribution >= 0.6 is 0 Å². The van der Waals surface area contributed by atoms with E-state index < -0.39 is 12.1 Å². The SMILES string of the molecule is Cc1cc(C)cc(NC(=O)C(NC(=O)OCc2ccccc2)C(C)C)c1. The molecule has 0 radical (unpaired) electrons. The number of ether oxygens (including phenoxy) is 1. The highest BCUT2D eigenvalue weighted by atomic mass is 16.5. The van der Waals surface area contributed by atoms with Crippen molar-refractivity contribution in [1.29, 1.82) is 0 Å². The minimum atomic E-state index is -0.681. The van der Waals surface area contributed by atoms with E-state index in [1.807, 2.05) is 76.2 Å². The molecule has 2 N–H and O–H groups in total. The predicted molar refractivity (Wildman–Crippen MR) is 103 cm³/mol. The minimum absolute atomic E-state index is 0.0785. The molecule has 1 atom stereocenters. The lowest BCUT2D eigenvalue weighted by Gasteiger charge is -2.21. The number of hydrogen-bond acceptors (Lipinski definition) is 3. The number of benzene rings is 2. The Morgan fingerprint density at radius 1 is 1.00 bits per heavy atom. The molecule has 2 amide bonds. The highest BCUT2D eigenvalue weighted by Gasteiger charge is 2.25. The standard InChI is InChI=1S/C21H26N2O3/c1-14(2)19(20(24)22-18-11-15(3)10-16(4)12-18)23-21(25)26-13-17-8-6-5-7-9-17/h5-12,14,19H,13H2,1-4H3,(H,22,24)(H,23,25). The highest BCUT2D eigenvalue weighted by Crippen LogP contribution is 2.15. The summed E-state index contributed by atoms with van der Waals surface area (Å²) in [5.74, 6) is -0.341. The summed E-state index contributed by atoms with van der Waals surface area (Å²) in [4.78, 5) is 24.7. The van der Waals surface area contributed by atoms with Crippen LogP contribution in [0.3, 0.4) is 0 Å². The third kappa shape index (κ3) is 5.92. The zero-order valence-electron chi connectivity index (χ0n) is 15.7. The van der Waals surface area contributed by atoms with E-state index in [0.717, 1.165) is 22.4 Å². The van der Waals surface area contributed by atoms with Crippen LogP contribution in [0.25, 0.3) is 0 Å². The van der Waals surface area contributed by atoms with Gasteiger partial charge in [-0.1, -0.05) is 50.2 Å². The Morgan fingerprint density at radius 3 is 2.19 bits per heavy atom. The third-order valence-electron chi connectivity index (χ3n) is 3.92. The summed E-state index contributed by atoms with van der Waals surface area (Å²) in [5, 5.41) is 5.54. The number of aryl methyl sites for hydroxylation is 2. The molecule has 5 heteroatoms. The van der Waals surface area contributed by atoms with Gasteiger partial charge in [-0.25, -0.2) is 4.79 Å². The number of amides is 2. The van der Waals surface area contributed by atoms with Crippen molar-refractivity contribution < 1.29 is 14.3 Å². The first kappa shape index (κ1) is 19.5. The van der Waals surface area contributed by atoms with Gasteiger partial charge >= 0.3 is 6.09 Å². The first-order chi connectivity index (χ1) is 12.3. The third-order valence-corrected chi connectivity index (χ3v) is 3.92. The van der Waals surface area contributed by atoms with E-state index in [9.17, 15) is 9.59 Å². The molecular formula is C21H26N2O3. The Balaban J connectivity index is 1.96. The predicted octanol–water partition coefficient (Wildman–Crippen LogP) is 4.19. The van der Waals surface area contributed by atoms with Crippen LogP contribution in [0.5, 0.6) is 0 Å². The maximum absolute atomic E-state index is 12.6. The molecule has 0 saturated heterocycles. The first-order valence-electron chi connectivity index (χ1n) is 8.71. The first-order valence-corrected chi connectivity index (χ1v) is 8.71. The maximum atomic E-state index is 12.6. The van der Waals surface area contributed by atoms with Crippen molar-refractivity contribution in [3.05, 3.63) is 65.2 Å². The van der Waals surface area contributed by atoms with Crippen molar-refractivity contribution >= 4 is 17.7 Å². The van der Waals surface area contributed by atoms with Gasteiger partial charge in [0.05, 0.1) is 0 Å².